The number of anilines is 1. The van der Waals surface area contributed by atoms with Crippen LogP contribution in [0.5, 0.6) is 0 Å². The van der Waals surface area contributed by atoms with Gasteiger partial charge in [0.15, 0.2) is 5.13 Å². The molecule has 0 saturated heterocycles. The normalized spacial score (nSPS) is 13.3. The van der Waals surface area contributed by atoms with E-state index in [4.69, 9.17) is 9.40 Å². The second-order valence-corrected chi connectivity index (χ2v) is 9.22. The first-order valence-electron chi connectivity index (χ1n) is 10.2. The smallest absolute Gasteiger partial charge is 0.277 e. The van der Waals surface area contributed by atoms with E-state index < -0.39 is 0 Å². The largest absolute Gasteiger partial charge is 0.416 e. The Morgan fingerprint density at radius 1 is 1.12 bits per heavy atom. The fraction of sp³-hybridized carbons (Fsp3) is 0.217. The maximum Gasteiger partial charge on any atom is 0.277 e. The first kappa shape index (κ1) is 20.8. The average Bonchev–Trinajstić information content (AvgIpc) is 3.36. The van der Waals surface area contributed by atoms with Gasteiger partial charge >= 0.3 is 0 Å². The minimum Gasteiger partial charge on any atom is -0.416 e. The molecule has 0 unspecified atom stereocenters. The average molecular weight is 467 g/mol. The molecule has 6 nitrogen and oxygen atoms in total. The molecule has 4 aromatic rings. The van der Waals surface area contributed by atoms with Gasteiger partial charge in [-0.3, -0.25) is 9.69 Å². The van der Waals surface area contributed by atoms with Crippen molar-refractivity contribution in [3.8, 4) is 11.3 Å². The summed E-state index contributed by atoms with van der Waals surface area (Å²) in [4.78, 5) is 19.5. The van der Waals surface area contributed by atoms with Crippen LogP contribution < -0.4 is 4.90 Å². The van der Waals surface area contributed by atoms with Crippen molar-refractivity contribution in [2.45, 2.75) is 30.5 Å². The minimum absolute atomic E-state index is 0.133. The Balaban J connectivity index is 1.35. The van der Waals surface area contributed by atoms with Crippen LogP contribution in [0.15, 0.2) is 69.6 Å². The van der Waals surface area contributed by atoms with Crippen molar-refractivity contribution >= 4 is 34.1 Å². The zero-order chi connectivity index (χ0) is 21.9. The Labute approximate surface area is 192 Å². The Morgan fingerprint density at radius 2 is 1.91 bits per heavy atom. The Morgan fingerprint density at radius 3 is 2.66 bits per heavy atom. The number of amides is 1. The summed E-state index contributed by atoms with van der Waals surface area (Å²) in [6.07, 6.45) is 2.15. The van der Waals surface area contributed by atoms with Crippen molar-refractivity contribution in [3.63, 3.8) is 0 Å². The predicted molar refractivity (Wildman–Crippen MR) is 122 cm³/mol. The van der Waals surface area contributed by atoms with Gasteiger partial charge in [-0.05, 0) is 30.5 Å². The molecule has 2 aromatic carbocycles. The summed E-state index contributed by atoms with van der Waals surface area (Å²) >= 11 is 2.62. The van der Waals surface area contributed by atoms with E-state index in [1.54, 1.807) is 17.0 Å². The maximum atomic E-state index is 13.4. The molecular weight excluding hydrogens is 447 g/mol. The van der Waals surface area contributed by atoms with E-state index in [2.05, 4.69) is 10.2 Å². The van der Waals surface area contributed by atoms with Gasteiger partial charge in [-0.15, -0.1) is 21.5 Å². The van der Waals surface area contributed by atoms with Gasteiger partial charge in [0.1, 0.15) is 5.82 Å². The van der Waals surface area contributed by atoms with E-state index in [0.717, 1.165) is 29.7 Å². The lowest BCUT2D eigenvalue weighted by molar-refractivity contribution is -0.116. The molecule has 5 rings (SSSR count). The molecule has 0 N–H and O–H groups in total. The number of aromatic nitrogens is 3. The SMILES string of the molecule is O=C(CSc1nnc(C2CC2)o1)N(Cc1ccc(F)cc1)c1nc(-c2ccccc2)cs1. The second-order valence-electron chi connectivity index (χ2n) is 7.46. The number of carbonyl (C=O) groups is 1. The van der Waals surface area contributed by atoms with E-state index in [-0.39, 0.29) is 17.5 Å². The van der Waals surface area contributed by atoms with Crippen LogP contribution in [0, 0.1) is 5.82 Å². The summed E-state index contributed by atoms with van der Waals surface area (Å²) in [5.74, 6) is 0.697. The molecule has 1 aliphatic carbocycles. The summed E-state index contributed by atoms with van der Waals surface area (Å²) in [5.41, 5.74) is 2.60. The predicted octanol–water partition coefficient (Wildman–Crippen LogP) is 5.54. The van der Waals surface area contributed by atoms with E-state index in [9.17, 15) is 9.18 Å². The molecule has 32 heavy (non-hydrogen) atoms. The molecular formula is C23H19FN4O2S2. The number of thioether (sulfide) groups is 1. The van der Waals surface area contributed by atoms with E-state index in [1.165, 1.54) is 35.2 Å². The highest BCUT2D eigenvalue weighted by atomic mass is 32.2. The van der Waals surface area contributed by atoms with Crippen LogP contribution in [0.3, 0.4) is 0 Å². The third-order valence-electron chi connectivity index (χ3n) is 5.02. The number of halogens is 1. The van der Waals surface area contributed by atoms with Gasteiger partial charge in [-0.2, -0.15) is 0 Å². The van der Waals surface area contributed by atoms with Gasteiger partial charge < -0.3 is 4.42 Å². The van der Waals surface area contributed by atoms with E-state index in [0.29, 0.717) is 28.7 Å². The van der Waals surface area contributed by atoms with Crippen molar-refractivity contribution in [1.82, 2.24) is 15.2 Å². The highest BCUT2D eigenvalue weighted by Crippen LogP contribution is 2.40. The summed E-state index contributed by atoms with van der Waals surface area (Å²) in [5, 5.41) is 11.0. The standard InChI is InChI=1S/C23H19FN4O2S2/c24-18-10-6-15(7-11-18)12-28(22-25-19(13-31-22)16-4-2-1-3-5-16)20(29)14-32-23-27-26-21(30-23)17-8-9-17/h1-7,10-11,13,17H,8-9,12,14H2. The highest BCUT2D eigenvalue weighted by molar-refractivity contribution is 7.99. The number of benzene rings is 2. The van der Waals surface area contributed by atoms with Gasteiger partial charge in [-0.25, -0.2) is 9.37 Å². The first-order chi connectivity index (χ1) is 15.7. The topological polar surface area (TPSA) is 72.1 Å². The first-order valence-corrected chi connectivity index (χ1v) is 12.0. The lowest BCUT2D eigenvalue weighted by atomic mass is 10.2. The lowest BCUT2D eigenvalue weighted by Gasteiger charge is -2.19. The van der Waals surface area contributed by atoms with Crippen molar-refractivity contribution in [2.75, 3.05) is 10.7 Å². The number of hydrogen-bond donors (Lipinski definition) is 0. The number of carbonyl (C=O) groups excluding carboxylic acids is 1. The van der Waals surface area contributed by atoms with Crippen molar-refractivity contribution in [1.29, 1.82) is 0 Å². The third-order valence-corrected chi connectivity index (χ3v) is 6.68. The second kappa shape index (κ2) is 9.22. The van der Waals surface area contributed by atoms with Crippen molar-refractivity contribution in [2.24, 2.45) is 0 Å². The molecule has 1 fully saturated rings. The molecule has 9 heteroatoms. The maximum absolute atomic E-state index is 13.4. The van der Waals surface area contributed by atoms with Crippen LogP contribution in [-0.4, -0.2) is 26.8 Å². The van der Waals surface area contributed by atoms with Gasteiger partial charge in [0.25, 0.3) is 5.22 Å². The van der Waals surface area contributed by atoms with Crippen LogP contribution in [-0.2, 0) is 11.3 Å². The number of rotatable bonds is 8. The monoisotopic (exact) mass is 466 g/mol. The quantitative estimate of drug-likeness (QED) is 0.318. The van der Waals surface area contributed by atoms with Crippen molar-refractivity contribution in [3.05, 3.63) is 77.2 Å². The van der Waals surface area contributed by atoms with Crippen LogP contribution in [0.4, 0.5) is 9.52 Å². The molecule has 0 spiro atoms. The summed E-state index contributed by atoms with van der Waals surface area (Å²) < 4.78 is 19.0. The zero-order valence-corrected chi connectivity index (χ0v) is 18.6. The zero-order valence-electron chi connectivity index (χ0n) is 17.0. The number of thiazole rings is 1. The molecule has 162 valence electrons. The summed E-state index contributed by atoms with van der Waals surface area (Å²) in [7, 11) is 0. The summed E-state index contributed by atoms with van der Waals surface area (Å²) in [6.45, 7) is 0.290. The Hall–Kier alpha value is -3.04. The van der Waals surface area contributed by atoms with E-state index in [1.807, 2.05) is 35.7 Å². The molecule has 0 radical (unpaired) electrons. The van der Waals surface area contributed by atoms with Crippen LogP contribution in [0.1, 0.15) is 30.2 Å². The van der Waals surface area contributed by atoms with Crippen molar-refractivity contribution < 1.29 is 13.6 Å². The number of nitrogens with zero attached hydrogens (tertiary/aromatic N) is 4. The molecule has 2 aromatic heterocycles. The molecule has 1 saturated carbocycles. The Bertz CT molecular complexity index is 1210. The van der Waals surface area contributed by atoms with Gasteiger partial charge in [0.2, 0.25) is 11.8 Å². The van der Waals surface area contributed by atoms with Crippen LogP contribution in [0.25, 0.3) is 11.3 Å². The molecule has 1 amide bonds. The van der Waals surface area contributed by atoms with E-state index >= 15 is 0 Å². The highest BCUT2D eigenvalue weighted by Gasteiger charge is 2.29. The van der Waals surface area contributed by atoms with Gasteiger partial charge in [-0.1, -0.05) is 54.2 Å². The molecule has 0 aliphatic heterocycles. The number of hydrogen-bond acceptors (Lipinski definition) is 7. The molecule has 2 heterocycles. The fourth-order valence-electron chi connectivity index (χ4n) is 3.14. The van der Waals surface area contributed by atoms with Gasteiger partial charge in [0, 0.05) is 16.9 Å². The molecule has 0 atom stereocenters. The Kier molecular flexibility index (Phi) is 6.00. The molecule has 0 bridgehead atoms. The van der Waals surface area contributed by atoms with Gasteiger partial charge in [0.05, 0.1) is 18.0 Å². The third kappa shape index (κ3) is 4.89. The van der Waals surface area contributed by atoms with Crippen LogP contribution >= 0.6 is 23.1 Å². The molecule has 1 aliphatic rings. The summed E-state index contributed by atoms with van der Waals surface area (Å²) in [6, 6.07) is 15.9. The lowest BCUT2D eigenvalue weighted by Crippen LogP contribution is -2.31. The minimum atomic E-state index is -0.314. The van der Waals surface area contributed by atoms with Crippen LogP contribution in [0.2, 0.25) is 0 Å². The fourth-order valence-corrected chi connectivity index (χ4v) is 4.64.